The van der Waals surface area contributed by atoms with E-state index in [1.54, 1.807) is 33.9 Å². The molecule has 3 aromatic rings. The van der Waals surface area contributed by atoms with Gasteiger partial charge in [-0.2, -0.15) is 5.10 Å². The van der Waals surface area contributed by atoms with Crippen molar-refractivity contribution in [1.29, 1.82) is 0 Å². The molecule has 0 saturated carbocycles. The fourth-order valence-corrected chi connectivity index (χ4v) is 3.91. The van der Waals surface area contributed by atoms with Gasteiger partial charge in [-0.3, -0.25) is 9.48 Å². The lowest BCUT2D eigenvalue weighted by atomic mass is 10.2. The third-order valence-corrected chi connectivity index (χ3v) is 5.58. The lowest BCUT2D eigenvalue weighted by Crippen LogP contribution is -2.34. The number of benzene rings is 1. The number of aryl methyl sites for hydroxylation is 1. The van der Waals surface area contributed by atoms with E-state index >= 15 is 0 Å². The van der Waals surface area contributed by atoms with Crippen LogP contribution in [0.2, 0.25) is 0 Å². The van der Waals surface area contributed by atoms with Gasteiger partial charge >= 0.3 is 5.97 Å². The summed E-state index contributed by atoms with van der Waals surface area (Å²) in [6.07, 6.45) is 1.66. The molecular weight excluding hydrogens is 398 g/mol. The predicted molar refractivity (Wildman–Crippen MR) is 117 cm³/mol. The Balaban J connectivity index is 1.65. The SMILES string of the molecule is C=CCN(Cc1cccs1)C(=O)COC(=O)c1c(C)nn(Cc2ccccc2)c1C. The third-order valence-electron chi connectivity index (χ3n) is 4.72. The summed E-state index contributed by atoms with van der Waals surface area (Å²) in [4.78, 5) is 28.0. The Kier molecular flexibility index (Phi) is 7.19. The van der Waals surface area contributed by atoms with Crippen molar-refractivity contribution >= 4 is 23.2 Å². The van der Waals surface area contributed by atoms with Crippen molar-refractivity contribution in [1.82, 2.24) is 14.7 Å². The van der Waals surface area contributed by atoms with Gasteiger partial charge in [0, 0.05) is 11.4 Å². The maximum absolute atomic E-state index is 12.7. The van der Waals surface area contributed by atoms with Crippen LogP contribution in [0, 0.1) is 13.8 Å². The van der Waals surface area contributed by atoms with Gasteiger partial charge in [-0.15, -0.1) is 17.9 Å². The molecule has 0 radical (unpaired) electrons. The van der Waals surface area contributed by atoms with Crippen molar-refractivity contribution in [3.05, 3.63) is 87.9 Å². The minimum absolute atomic E-state index is 0.261. The summed E-state index contributed by atoms with van der Waals surface area (Å²) in [6, 6.07) is 13.8. The Morgan fingerprint density at radius 1 is 1.20 bits per heavy atom. The first-order valence-corrected chi connectivity index (χ1v) is 10.5. The lowest BCUT2D eigenvalue weighted by Gasteiger charge is -2.20. The average Bonchev–Trinajstić information content (AvgIpc) is 3.34. The van der Waals surface area contributed by atoms with Crippen molar-refractivity contribution in [2.24, 2.45) is 0 Å². The molecule has 2 heterocycles. The number of aromatic nitrogens is 2. The van der Waals surface area contributed by atoms with Crippen molar-refractivity contribution in [2.75, 3.05) is 13.2 Å². The number of ether oxygens (including phenoxy) is 1. The van der Waals surface area contributed by atoms with Gasteiger partial charge in [0.2, 0.25) is 0 Å². The van der Waals surface area contributed by atoms with Crippen molar-refractivity contribution in [3.8, 4) is 0 Å². The van der Waals surface area contributed by atoms with Crippen LogP contribution >= 0.6 is 11.3 Å². The number of rotatable bonds is 9. The molecule has 0 aliphatic carbocycles. The van der Waals surface area contributed by atoms with E-state index in [-0.39, 0.29) is 12.5 Å². The fraction of sp³-hybridized carbons (Fsp3) is 0.261. The van der Waals surface area contributed by atoms with Crippen LogP contribution in [0.1, 0.15) is 32.2 Å². The minimum Gasteiger partial charge on any atom is -0.452 e. The predicted octanol–water partition coefficient (Wildman–Crippen LogP) is 3.98. The zero-order valence-corrected chi connectivity index (χ0v) is 18.0. The molecule has 1 amide bonds. The molecule has 0 N–H and O–H groups in total. The van der Waals surface area contributed by atoms with Crippen molar-refractivity contribution in [3.63, 3.8) is 0 Å². The zero-order chi connectivity index (χ0) is 21.5. The number of amides is 1. The van der Waals surface area contributed by atoms with Crippen LogP contribution < -0.4 is 0 Å². The van der Waals surface area contributed by atoms with Crippen LogP contribution in [0.15, 0.2) is 60.5 Å². The molecule has 6 nitrogen and oxygen atoms in total. The van der Waals surface area contributed by atoms with E-state index in [2.05, 4.69) is 11.7 Å². The number of carbonyl (C=O) groups is 2. The molecule has 2 aromatic heterocycles. The van der Waals surface area contributed by atoms with Gasteiger partial charge in [-0.25, -0.2) is 4.79 Å². The van der Waals surface area contributed by atoms with Crippen molar-refractivity contribution in [2.45, 2.75) is 26.9 Å². The molecule has 0 aliphatic rings. The van der Waals surface area contributed by atoms with E-state index < -0.39 is 5.97 Å². The van der Waals surface area contributed by atoms with Gasteiger partial charge in [0.15, 0.2) is 6.61 Å². The smallest absolute Gasteiger partial charge is 0.342 e. The summed E-state index contributed by atoms with van der Waals surface area (Å²) in [5.74, 6) is -0.795. The maximum Gasteiger partial charge on any atom is 0.342 e. The maximum atomic E-state index is 12.7. The van der Waals surface area contributed by atoms with Crippen LogP contribution in [0.5, 0.6) is 0 Å². The Morgan fingerprint density at radius 3 is 2.63 bits per heavy atom. The first kappa shape index (κ1) is 21.5. The molecule has 7 heteroatoms. The standard InChI is InChI=1S/C23H25N3O3S/c1-4-12-25(15-20-11-8-13-30-20)21(27)16-29-23(28)22-17(2)24-26(18(22)3)14-19-9-6-5-7-10-19/h4-11,13H,1,12,14-16H2,2-3H3. The van der Waals surface area contributed by atoms with Gasteiger partial charge < -0.3 is 9.64 Å². The van der Waals surface area contributed by atoms with Crippen LogP contribution in [0.25, 0.3) is 0 Å². The second-order valence-corrected chi connectivity index (χ2v) is 7.94. The quantitative estimate of drug-likeness (QED) is 0.386. The van der Waals surface area contributed by atoms with E-state index in [0.717, 1.165) is 16.1 Å². The molecular formula is C23H25N3O3S. The molecule has 30 heavy (non-hydrogen) atoms. The van der Waals surface area contributed by atoms with Gasteiger partial charge in [0.25, 0.3) is 5.91 Å². The highest BCUT2D eigenvalue weighted by atomic mass is 32.1. The molecule has 0 spiro atoms. The molecule has 0 saturated heterocycles. The zero-order valence-electron chi connectivity index (χ0n) is 17.2. The van der Waals surface area contributed by atoms with E-state index in [4.69, 9.17) is 4.74 Å². The molecule has 156 valence electrons. The number of hydrogen-bond donors (Lipinski definition) is 0. The highest BCUT2D eigenvalue weighted by molar-refractivity contribution is 7.09. The van der Waals surface area contributed by atoms with Gasteiger partial charge in [-0.05, 0) is 30.9 Å². The largest absolute Gasteiger partial charge is 0.452 e. The summed E-state index contributed by atoms with van der Waals surface area (Å²) < 4.78 is 7.13. The second-order valence-electron chi connectivity index (χ2n) is 6.91. The van der Waals surface area contributed by atoms with Gasteiger partial charge in [0.05, 0.1) is 24.5 Å². The van der Waals surface area contributed by atoms with Gasteiger partial charge in [-0.1, -0.05) is 42.5 Å². The lowest BCUT2D eigenvalue weighted by molar-refractivity contribution is -0.134. The molecule has 3 rings (SSSR count). The van der Waals surface area contributed by atoms with E-state index in [1.165, 1.54) is 0 Å². The van der Waals surface area contributed by atoms with Crippen molar-refractivity contribution < 1.29 is 14.3 Å². The molecule has 0 atom stereocenters. The Morgan fingerprint density at radius 2 is 1.97 bits per heavy atom. The Bertz CT molecular complexity index is 1010. The first-order valence-electron chi connectivity index (χ1n) is 9.65. The van der Waals surface area contributed by atoms with E-state index in [0.29, 0.717) is 30.9 Å². The molecule has 0 aliphatic heterocycles. The third kappa shape index (κ3) is 5.24. The molecule has 0 bridgehead atoms. The molecule has 0 fully saturated rings. The second kappa shape index (κ2) is 10.0. The van der Waals surface area contributed by atoms with E-state index in [9.17, 15) is 9.59 Å². The normalized spacial score (nSPS) is 10.6. The summed E-state index contributed by atoms with van der Waals surface area (Å²) in [7, 11) is 0. The monoisotopic (exact) mass is 423 g/mol. The van der Waals surface area contributed by atoms with Crippen LogP contribution in [-0.4, -0.2) is 39.7 Å². The summed E-state index contributed by atoms with van der Waals surface area (Å²) in [5, 5.41) is 6.44. The number of hydrogen-bond acceptors (Lipinski definition) is 5. The van der Waals surface area contributed by atoms with Crippen LogP contribution in [-0.2, 0) is 22.6 Å². The summed E-state index contributed by atoms with van der Waals surface area (Å²) >= 11 is 1.58. The highest BCUT2D eigenvalue weighted by Gasteiger charge is 2.22. The van der Waals surface area contributed by atoms with E-state index in [1.807, 2.05) is 54.8 Å². The summed E-state index contributed by atoms with van der Waals surface area (Å²) in [6.45, 7) is 8.41. The van der Waals surface area contributed by atoms with Crippen LogP contribution in [0.3, 0.4) is 0 Å². The number of carbonyl (C=O) groups excluding carboxylic acids is 2. The number of esters is 1. The molecule has 1 aromatic carbocycles. The Labute approximate surface area is 180 Å². The molecule has 0 unspecified atom stereocenters. The van der Waals surface area contributed by atoms with Gasteiger partial charge in [0.1, 0.15) is 5.56 Å². The topological polar surface area (TPSA) is 64.4 Å². The minimum atomic E-state index is -0.535. The highest BCUT2D eigenvalue weighted by Crippen LogP contribution is 2.17. The number of nitrogens with zero attached hydrogens (tertiary/aromatic N) is 3. The fourth-order valence-electron chi connectivity index (χ4n) is 3.19. The summed E-state index contributed by atoms with van der Waals surface area (Å²) in [5.41, 5.74) is 2.80. The average molecular weight is 424 g/mol. The first-order chi connectivity index (χ1) is 14.5. The number of thiophene rings is 1. The van der Waals surface area contributed by atoms with Crippen LogP contribution in [0.4, 0.5) is 0 Å². The Hall–Kier alpha value is -3.19.